The van der Waals surface area contributed by atoms with Gasteiger partial charge in [0, 0.05) is 49.4 Å². The molecule has 0 aliphatic rings. The average molecular weight is 363 g/mol. The third kappa shape index (κ3) is 4.73. The average Bonchev–Trinajstić information content (AvgIpc) is 2.53. The van der Waals surface area contributed by atoms with Crippen molar-refractivity contribution in [3.63, 3.8) is 0 Å². The highest BCUT2D eigenvalue weighted by atomic mass is 35.5. The van der Waals surface area contributed by atoms with Crippen LogP contribution in [0, 0.1) is 0 Å². The number of hydrogen-bond acceptors (Lipinski definition) is 2. The summed E-state index contributed by atoms with van der Waals surface area (Å²) in [6.07, 6.45) is 0. The number of halogens is 2. The van der Waals surface area contributed by atoms with Crippen molar-refractivity contribution in [1.82, 2.24) is 9.80 Å². The lowest BCUT2D eigenvalue weighted by Gasteiger charge is -2.17. The zero-order valence-electron chi connectivity index (χ0n) is 14.2. The lowest BCUT2D eigenvalue weighted by Crippen LogP contribution is -2.25. The molecule has 4 nitrogen and oxygen atoms in total. The Labute approximate surface area is 153 Å². The molecule has 0 heterocycles. The van der Waals surface area contributed by atoms with E-state index in [1.165, 1.54) is 0 Å². The van der Waals surface area contributed by atoms with Crippen molar-refractivity contribution in [2.45, 2.75) is 0 Å². The molecule has 0 fully saturated rings. The zero-order valence-corrected chi connectivity index (χ0v) is 15.7. The first-order valence-corrected chi connectivity index (χ1v) is 8.16. The van der Waals surface area contributed by atoms with Gasteiger partial charge < -0.3 is 9.80 Å². The van der Waals surface area contributed by atoms with Crippen LogP contribution in [0.15, 0.2) is 58.7 Å². The Bertz CT molecular complexity index is 667. The smallest absolute Gasteiger partial charge is 0.158 e. The summed E-state index contributed by atoms with van der Waals surface area (Å²) in [7, 11) is 7.72. The minimum atomic E-state index is 0.690. The number of hydrogen-bond donors (Lipinski definition) is 0. The number of benzene rings is 2. The summed E-state index contributed by atoms with van der Waals surface area (Å²) in [6.45, 7) is 0. The number of amidine groups is 2. The van der Waals surface area contributed by atoms with E-state index in [0.717, 1.165) is 22.8 Å². The molecule has 2 rings (SSSR count). The van der Waals surface area contributed by atoms with Gasteiger partial charge >= 0.3 is 0 Å². The second kappa shape index (κ2) is 8.18. The molecule has 0 bridgehead atoms. The fourth-order valence-corrected chi connectivity index (χ4v) is 2.36. The molecule has 0 atom stereocenters. The topological polar surface area (TPSA) is 31.2 Å². The van der Waals surface area contributed by atoms with Crippen LogP contribution in [-0.2, 0) is 0 Å². The molecule has 0 aliphatic carbocycles. The van der Waals surface area contributed by atoms with Crippen LogP contribution in [0.3, 0.4) is 0 Å². The molecular formula is C18H20Cl2N4. The summed E-state index contributed by atoms with van der Waals surface area (Å²) < 4.78 is 0. The standard InChI is InChI=1S/C18H20Cl2N4/c1-23(2)17(13-5-9-15(19)10-6-13)21-22-18(24(3)4)14-7-11-16(20)12-8-14/h5-12H,1-4H3/b21-17+,22-18+. The summed E-state index contributed by atoms with van der Waals surface area (Å²) in [5.41, 5.74) is 1.89. The van der Waals surface area contributed by atoms with Crippen molar-refractivity contribution in [3.05, 3.63) is 69.7 Å². The van der Waals surface area contributed by atoms with E-state index in [-0.39, 0.29) is 0 Å². The van der Waals surface area contributed by atoms with E-state index in [9.17, 15) is 0 Å². The largest absolute Gasteiger partial charge is 0.361 e. The lowest BCUT2D eigenvalue weighted by molar-refractivity contribution is 0.610. The Kier molecular flexibility index (Phi) is 6.23. The van der Waals surface area contributed by atoms with Crippen molar-refractivity contribution in [1.29, 1.82) is 0 Å². The van der Waals surface area contributed by atoms with Crippen LogP contribution in [0.2, 0.25) is 10.0 Å². The second-order valence-corrected chi connectivity index (χ2v) is 6.52. The van der Waals surface area contributed by atoms with Crippen LogP contribution in [0.1, 0.15) is 11.1 Å². The van der Waals surface area contributed by atoms with Crippen LogP contribution in [0.4, 0.5) is 0 Å². The first kappa shape index (κ1) is 18.3. The van der Waals surface area contributed by atoms with Crippen LogP contribution < -0.4 is 0 Å². The molecule has 0 saturated carbocycles. The molecule has 0 saturated heterocycles. The molecule has 0 radical (unpaired) electrons. The summed E-state index contributed by atoms with van der Waals surface area (Å²) in [6, 6.07) is 15.1. The van der Waals surface area contributed by atoms with E-state index in [4.69, 9.17) is 23.2 Å². The van der Waals surface area contributed by atoms with Gasteiger partial charge in [-0.05, 0) is 48.5 Å². The second-order valence-electron chi connectivity index (χ2n) is 5.65. The van der Waals surface area contributed by atoms with Crippen molar-refractivity contribution < 1.29 is 0 Å². The van der Waals surface area contributed by atoms with Crippen molar-refractivity contribution in [3.8, 4) is 0 Å². The lowest BCUT2D eigenvalue weighted by atomic mass is 10.2. The van der Waals surface area contributed by atoms with Crippen LogP contribution in [-0.4, -0.2) is 49.7 Å². The molecule has 0 N–H and O–H groups in total. The highest BCUT2D eigenvalue weighted by molar-refractivity contribution is 6.31. The summed E-state index contributed by atoms with van der Waals surface area (Å²) in [5, 5.41) is 10.3. The molecular weight excluding hydrogens is 343 g/mol. The molecule has 24 heavy (non-hydrogen) atoms. The Morgan fingerprint density at radius 2 is 0.917 bits per heavy atom. The quantitative estimate of drug-likeness (QED) is 0.464. The summed E-state index contributed by atoms with van der Waals surface area (Å²) in [4.78, 5) is 3.84. The van der Waals surface area contributed by atoms with Gasteiger partial charge in [0.1, 0.15) is 0 Å². The first-order valence-electron chi connectivity index (χ1n) is 7.40. The predicted molar refractivity (Wildman–Crippen MR) is 103 cm³/mol. The minimum Gasteiger partial charge on any atom is -0.361 e. The van der Waals surface area contributed by atoms with E-state index in [0.29, 0.717) is 10.0 Å². The molecule has 0 amide bonds. The van der Waals surface area contributed by atoms with E-state index in [2.05, 4.69) is 10.2 Å². The monoisotopic (exact) mass is 362 g/mol. The van der Waals surface area contributed by atoms with Crippen molar-refractivity contribution in [2.75, 3.05) is 28.2 Å². The summed E-state index contributed by atoms with van der Waals surface area (Å²) >= 11 is 11.9. The van der Waals surface area contributed by atoms with Crippen LogP contribution >= 0.6 is 23.2 Å². The van der Waals surface area contributed by atoms with Crippen molar-refractivity contribution in [2.24, 2.45) is 10.2 Å². The zero-order chi connectivity index (χ0) is 17.7. The Morgan fingerprint density at radius 1 is 0.625 bits per heavy atom. The minimum absolute atomic E-state index is 0.690. The van der Waals surface area contributed by atoms with Gasteiger partial charge in [0.2, 0.25) is 0 Å². The highest BCUT2D eigenvalue weighted by Gasteiger charge is 2.09. The molecule has 0 aliphatic heterocycles. The van der Waals surface area contributed by atoms with Gasteiger partial charge in [0.05, 0.1) is 0 Å². The van der Waals surface area contributed by atoms with Gasteiger partial charge in [-0.3, -0.25) is 0 Å². The maximum Gasteiger partial charge on any atom is 0.158 e. The normalized spacial score (nSPS) is 12.2. The van der Waals surface area contributed by atoms with Crippen molar-refractivity contribution >= 4 is 34.9 Å². The number of rotatable bonds is 3. The van der Waals surface area contributed by atoms with Gasteiger partial charge in [-0.25, -0.2) is 0 Å². The SMILES string of the molecule is CN(C)/C(=N/N=C(\c1ccc(Cl)cc1)N(C)C)c1ccc(Cl)cc1. The highest BCUT2D eigenvalue weighted by Crippen LogP contribution is 2.13. The molecule has 0 spiro atoms. The predicted octanol–water partition coefficient (Wildman–Crippen LogP) is 4.23. The maximum absolute atomic E-state index is 5.96. The van der Waals surface area contributed by atoms with Gasteiger partial charge in [0.15, 0.2) is 11.7 Å². The first-order chi connectivity index (χ1) is 11.4. The van der Waals surface area contributed by atoms with Crippen LogP contribution in [0.25, 0.3) is 0 Å². The molecule has 6 heteroatoms. The number of nitrogens with zero attached hydrogens (tertiary/aromatic N) is 4. The summed E-state index contributed by atoms with van der Waals surface area (Å²) in [5.74, 6) is 1.50. The third-order valence-corrected chi connectivity index (χ3v) is 3.80. The van der Waals surface area contributed by atoms with E-state index >= 15 is 0 Å². The fraction of sp³-hybridized carbons (Fsp3) is 0.222. The molecule has 2 aromatic carbocycles. The van der Waals surface area contributed by atoms with Gasteiger partial charge in [-0.1, -0.05) is 23.2 Å². The van der Waals surface area contributed by atoms with Gasteiger partial charge in [-0.2, -0.15) is 0 Å². The Balaban J connectivity index is 2.43. The maximum atomic E-state index is 5.96. The fourth-order valence-electron chi connectivity index (χ4n) is 2.10. The molecule has 2 aromatic rings. The Hall–Kier alpha value is -2.04. The van der Waals surface area contributed by atoms with Gasteiger partial charge in [0.25, 0.3) is 0 Å². The van der Waals surface area contributed by atoms with E-state index < -0.39 is 0 Å². The molecule has 0 unspecified atom stereocenters. The molecule has 126 valence electrons. The van der Waals surface area contributed by atoms with Crippen LogP contribution in [0.5, 0.6) is 0 Å². The molecule has 0 aromatic heterocycles. The van der Waals surface area contributed by atoms with Gasteiger partial charge in [-0.15, -0.1) is 10.2 Å². The third-order valence-electron chi connectivity index (χ3n) is 3.29. The van der Waals surface area contributed by atoms with E-state index in [1.54, 1.807) is 0 Å². The Morgan fingerprint density at radius 3 is 1.17 bits per heavy atom. The van der Waals surface area contributed by atoms with E-state index in [1.807, 2.05) is 86.5 Å².